The number of Topliss-reactive ketones (excluding diaryl/α,β-unsaturated/α-hetero) is 1. The van der Waals surface area contributed by atoms with Crippen molar-refractivity contribution in [2.75, 3.05) is 11.9 Å². The largest absolute Gasteiger partial charge is 0.501 e. The van der Waals surface area contributed by atoms with Crippen LogP contribution in [0.4, 0.5) is 14.9 Å². The topological polar surface area (TPSA) is 110 Å². The van der Waals surface area contributed by atoms with Crippen LogP contribution in [-0.4, -0.2) is 33.0 Å². The molecular weight excluding hydrogens is 508 g/mol. The Bertz CT molecular complexity index is 1180. The van der Waals surface area contributed by atoms with E-state index >= 15 is 0 Å². The first-order valence-corrected chi connectivity index (χ1v) is 10.0. The molecule has 3 rings (SSSR count). The number of aromatic nitrogens is 2. The summed E-state index contributed by atoms with van der Waals surface area (Å²) in [4.78, 5) is 41.2. The highest BCUT2D eigenvalue weighted by molar-refractivity contribution is 14.1. The van der Waals surface area contributed by atoms with E-state index in [0.29, 0.717) is 3.57 Å². The number of hydrogen-bond donors (Lipinski definition) is 2. The summed E-state index contributed by atoms with van der Waals surface area (Å²) in [6, 6.07) is 7.23. The summed E-state index contributed by atoms with van der Waals surface area (Å²) in [6.45, 7) is 1.79. The molecule has 0 fully saturated rings. The van der Waals surface area contributed by atoms with Gasteiger partial charge in [0.05, 0.1) is 12.3 Å². The Kier molecular flexibility index (Phi) is 6.65. The summed E-state index contributed by atoms with van der Waals surface area (Å²) >= 11 is 1.94. The van der Waals surface area contributed by atoms with Crippen LogP contribution in [0, 0.1) is 9.39 Å². The van der Waals surface area contributed by atoms with E-state index in [1.54, 1.807) is 25.1 Å². The van der Waals surface area contributed by atoms with Gasteiger partial charge in [-0.25, -0.2) is 14.2 Å². The molecule has 156 valence electrons. The molecule has 1 aromatic carbocycles. The number of rotatable bonds is 6. The number of nitrogens with one attached hydrogen (secondary N) is 1. The molecule has 0 aliphatic carbocycles. The van der Waals surface area contributed by atoms with Crippen LogP contribution >= 0.6 is 22.6 Å². The lowest BCUT2D eigenvalue weighted by Crippen LogP contribution is -2.22. The van der Waals surface area contributed by atoms with Gasteiger partial charge in [-0.3, -0.25) is 19.3 Å². The molecule has 0 atom stereocenters. The van der Waals surface area contributed by atoms with E-state index in [1.165, 1.54) is 18.3 Å². The number of aryl methyl sites for hydroxylation is 1. The van der Waals surface area contributed by atoms with Gasteiger partial charge < -0.3 is 9.84 Å². The van der Waals surface area contributed by atoms with E-state index in [1.807, 2.05) is 22.6 Å². The standard InChI is InChI=1S/C20H17FIN3O5/c1-2-30-20(29)23-14-9-13(22)10-25-18(14)24-16(17(27)19(25)28)15(26)8-5-11-3-6-12(21)7-4-11/h3-4,6-7,9-10,27H,2,5,8H2,1H3,(H,23,29). The van der Waals surface area contributed by atoms with Gasteiger partial charge in [-0.1, -0.05) is 12.1 Å². The van der Waals surface area contributed by atoms with E-state index in [4.69, 9.17) is 4.74 Å². The Morgan fingerprint density at radius 1 is 1.30 bits per heavy atom. The number of pyridine rings is 1. The average molecular weight is 525 g/mol. The van der Waals surface area contributed by atoms with Crippen molar-refractivity contribution in [2.45, 2.75) is 19.8 Å². The summed E-state index contributed by atoms with van der Waals surface area (Å²) in [5.41, 5.74) is -0.354. The fourth-order valence-electron chi connectivity index (χ4n) is 2.79. The maximum atomic E-state index is 13.0. The van der Waals surface area contributed by atoms with Crippen LogP contribution in [0.1, 0.15) is 29.4 Å². The molecule has 0 radical (unpaired) electrons. The van der Waals surface area contributed by atoms with E-state index in [2.05, 4.69) is 10.3 Å². The number of ketones is 1. The van der Waals surface area contributed by atoms with E-state index in [0.717, 1.165) is 9.96 Å². The summed E-state index contributed by atoms with van der Waals surface area (Å²) in [5, 5.41) is 12.8. The number of aromatic hydroxyl groups is 1. The number of benzene rings is 1. The zero-order valence-electron chi connectivity index (χ0n) is 15.8. The Labute approximate surface area is 183 Å². The fourth-order valence-corrected chi connectivity index (χ4v) is 3.38. The molecule has 0 unspecified atom stereocenters. The highest BCUT2D eigenvalue weighted by Crippen LogP contribution is 2.22. The van der Waals surface area contributed by atoms with Crippen molar-refractivity contribution in [3.05, 3.63) is 67.5 Å². The van der Waals surface area contributed by atoms with Crippen molar-refractivity contribution in [2.24, 2.45) is 0 Å². The van der Waals surface area contributed by atoms with Crippen LogP contribution in [0.25, 0.3) is 5.65 Å². The van der Waals surface area contributed by atoms with Crippen molar-refractivity contribution in [3.63, 3.8) is 0 Å². The first kappa shape index (κ1) is 21.7. The SMILES string of the molecule is CCOC(=O)Nc1cc(I)cn2c(=O)c(O)c(C(=O)CCc3ccc(F)cc3)nc12. The van der Waals surface area contributed by atoms with Gasteiger partial charge in [-0.15, -0.1) is 0 Å². The highest BCUT2D eigenvalue weighted by atomic mass is 127. The van der Waals surface area contributed by atoms with Crippen molar-refractivity contribution in [1.29, 1.82) is 0 Å². The molecule has 1 amide bonds. The third-order valence-corrected chi connectivity index (χ3v) is 4.79. The lowest BCUT2D eigenvalue weighted by atomic mass is 10.1. The van der Waals surface area contributed by atoms with Gasteiger partial charge in [0.2, 0.25) is 5.75 Å². The molecule has 10 heteroatoms. The molecule has 0 saturated heterocycles. The highest BCUT2D eigenvalue weighted by Gasteiger charge is 2.21. The third-order valence-electron chi connectivity index (χ3n) is 4.20. The second-order valence-corrected chi connectivity index (χ2v) is 7.52. The van der Waals surface area contributed by atoms with Crippen molar-refractivity contribution >= 4 is 45.8 Å². The van der Waals surface area contributed by atoms with Crippen molar-refractivity contribution < 1.29 is 23.8 Å². The van der Waals surface area contributed by atoms with Crippen LogP contribution in [0.3, 0.4) is 0 Å². The molecule has 0 spiro atoms. The summed E-state index contributed by atoms with van der Waals surface area (Å²) in [6.07, 6.45) is 0.911. The predicted molar refractivity (Wildman–Crippen MR) is 116 cm³/mol. The summed E-state index contributed by atoms with van der Waals surface area (Å²) in [5.74, 6) is -1.72. The normalized spacial score (nSPS) is 10.8. The van der Waals surface area contributed by atoms with Crippen LogP contribution in [0.15, 0.2) is 41.3 Å². The minimum absolute atomic E-state index is 0.00333. The fraction of sp³-hybridized carbons (Fsp3) is 0.200. The maximum absolute atomic E-state index is 13.0. The van der Waals surface area contributed by atoms with Gasteiger partial charge in [0.15, 0.2) is 17.1 Å². The second-order valence-electron chi connectivity index (χ2n) is 6.27. The number of anilines is 1. The Morgan fingerprint density at radius 3 is 2.67 bits per heavy atom. The van der Waals surface area contributed by atoms with Crippen LogP contribution in [-0.2, 0) is 11.2 Å². The number of halogens is 2. The maximum Gasteiger partial charge on any atom is 0.411 e. The quantitative estimate of drug-likeness (QED) is 0.377. The van der Waals surface area contributed by atoms with Crippen molar-refractivity contribution in [3.8, 4) is 5.75 Å². The number of carbonyl (C=O) groups is 2. The summed E-state index contributed by atoms with van der Waals surface area (Å²) < 4.78 is 19.5. The molecule has 2 aromatic heterocycles. The number of nitrogens with zero attached hydrogens (tertiary/aromatic N) is 2. The monoisotopic (exact) mass is 525 g/mol. The van der Waals surface area contributed by atoms with Crippen LogP contribution < -0.4 is 10.9 Å². The number of carbonyl (C=O) groups excluding carboxylic acids is 2. The number of amides is 1. The first-order valence-electron chi connectivity index (χ1n) is 8.96. The Balaban J connectivity index is 1.98. The number of ether oxygens (including phenoxy) is 1. The van der Waals surface area contributed by atoms with Gasteiger partial charge in [-0.2, -0.15) is 0 Å². The molecule has 0 bridgehead atoms. The Hall–Kier alpha value is -3.02. The lowest BCUT2D eigenvalue weighted by Gasteiger charge is -2.12. The zero-order valence-corrected chi connectivity index (χ0v) is 18.0. The minimum atomic E-state index is -0.837. The molecule has 2 N–H and O–H groups in total. The zero-order chi connectivity index (χ0) is 21.8. The number of hydrogen-bond acceptors (Lipinski definition) is 6. The average Bonchev–Trinajstić information content (AvgIpc) is 2.70. The predicted octanol–water partition coefficient (Wildman–Crippen LogP) is 3.53. The lowest BCUT2D eigenvalue weighted by molar-refractivity contribution is 0.0975. The van der Waals surface area contributed by atoms with Crippen LogP contribution in [0.5, 0.6) is 5.75 Å². The second kappa shape index (κ2) is 9.20. The van der Waals surface area contributed by atoms with E-state index in [-0.39, 0.29) is 36.6 Å². The van der Waals surface area contributed by atoms with Gasteiger partial charge in [0.25, 0.3) is 0 Å². The molecule has 2 heterocycles. The van der Waals surface area contributed by atoms with Gasteiger partial charge in [-0.05, 0) is 59.7 Å². The Morgan fingerprint density at radius 2 is 2.00 bits per heavy atom. The molecule has 30 heavy (non-hydrogen) atoms. The third kappa shape index (κ3) is 4.75. The molecule has 0 saturated carbocycles. The smallest absolute Gasteiger partial charge is 0.411 e. The van der Waals surface area contributed by atoms with Gasteiger partial charge in [0.1, 0.15) is 5.82 Å². The van der Waals surface area contributed by atoms with Crippen molar-refractivity contribution in [1.82, 2.24) is 9.38 Å². The number of fused-ring (bicyclic) bond motifs is 1. The molecule has 0 aliphatic heterocycles. The molecular formula is C20H17FIN3O5. The van der Waals surface area contributed by atoms with Gasteiger partial charge >= 0.3 is 11.7 Å². The molecule has 0 aliphatic rings. The summed E-state index contributed by atoms with van der Waals surface area (Å²) in [7, 11) is 0. The molecule has 8 nitrogen and oxygen atoms in total. The van der Waals surface area contributed by atoms with E-state index in [9.17, 15) is 23.9 Å². The van der Waals surface area contributed by atoms with Gasteiger partial charge in [0, 0.05) is 16.2 Å². The first-order chi connectivity index (χ1) is 14.3. The molecule has 3 aromatic rings. The van der Waals surface area contributed by atoms with Crippen LogP contribution in [0.2, 0.25) is 0 Å². The minimum Gasteiger partial charge on any atom is -0.501 e. The van der Waals surface area contributed by atoms with E-state index < -0.39 is 28.9 Å².